The average Bonchev–Trinajstić information content (AvgIpc) is 3.76. The fraction of sp³-hybridized carbons (Fsp3) is 0.207. The van der Waals surface area contributed by atoms with Gasteiger partial charge >= 0.3 is 0 Å². The van der Waals surface area contributed by atoms with Crippen LogP contribution >= 0.6 is 0 Å². The molecule has 2 amide bonds. The predicted molar refractivity (Wildman–Crippen MR) is 139 cm³/mol. The first kappa shape index (κ1) is 24.6. The summed E-state index contributed by atoms with van der Waals surface area (Å²) >= 11 is 0. The number of aromatic nitrogens is 1. The third kappa shape index (κ3) is 4.93. The SMILES string of the molecule is O=C(Nc1ccc(F)cc1)C1(C(=O)Nc2ccc(Oc3ccnc4cc5c(cc34)OCCCO5)c(F)c2)CC1. The summed E-state index contributed by atoms with van der Waals surface area (Å²) < 4.78 is 45.6. The molecule has 1 aliphatic carbocycles. The molecule has 0 saturated heterocycles. The van der Waals surface area contributed by atoms with Gasteiger partial charge in [0.05, 0.1) is 18.7 Å². The molecule has 2 heterocycles. The molecule has 198 valence electrons. The average molecular weight is 532 g/mol. The van der Waals surface area contributed by atoms with E-state index in [1.54, 1.807) is 24.4 Å². The molecule has 4 aromatic rings. The van der Waals surface area contributed by atoms with Gasteiger partial charge in [0.15, 0.2) is 23.1 Å². The number of anilines is 2. The van der Waals surface area contributed by atoms with E-state index >= 15 is 4.39 Å². The summed E-state index contributed by atoms with van der Waals surface area (Å²) in [6, 6.07) is 14.4. The van der Waals surface area contributed by atoms with Gasteiger partial charge in [-0.2, -0.15) is 0 Å². The third-order valence-electron chi connectivity index (χ3n) is 6.70. The van der Waals surface area contributed by atoms with E-state index in [-0.39, 0.29) is 11.4 Å². The van der Waals surface area contributed by atoms with Crippen LogP contribution in [0.1, 0.15) is 19.3 Å². The number of rotatable bonds is 6. The van der Waals surface area contributed by atoms with E-state index in [0.717, 1.165) is 12.5 Å². The van der Waals surface area contributed by atoms with Gasteiger partial charge in [-0.15, -0.1) is 0 Å². The van der Waals surface area contributed by atoms with Gasteiger partial charge in [0.25, 0.3) is 0 Å². The molecule has 1 fully saturated rings. The monoisotopic (exact) mass is 531 g/mol. The Labute approximate surface area is 221 Å². The standard InChI is InChI=1S/C29H23F2N3O5/c30-17-2-4-18(5-3-17)33-27(35)29(9-10-29)28(36)34-19-6-7-24(21(31)14-19)39-23-8-11-32-22-16-26-25(15-20(22)23)37-12-1-13-38-26/h2-8,11,14-16H,1,9-10,12-13H2,(H,33,35)(H,34,36). The highest BCUT2D eigenvalue weighted by molar-refractivity contribution is 6.16. The van der Waals surface area contributed by atoms with Crippen molar-refractivity contribution in [3.63, 3.8) is 0 Å². The molecule has 1 saturated carbocycles. The summed E-state index contributed by atoms with van der Waals surface area (Å²) in [6.07, 6.45) is 3.02. The molecule has 8 nitrogen and oxygen atoms in total. The van der Waals surface area contributed by atoms with Gasteiger partial charge in [0.2, 0.25) is 11.8 Å². The van der Waals surface area contributed by atoms with Crippen molar-refractivity contribution in [2.45, 2.75) is 19.3 Å². The lowest BCUT2D eigenvalue weighted by molar-refractivity contribution is -0.131. The summed E-state index contributed by atoms with van der Waals surface area (Å²) in [5, 5.41) is 5.89. The first-order valence-corrected chi connectivity index (χ1v) is 12.5. The Kier molecular flexibility index (Phi) is 6.22. The van der Waals surface area contributed by atoms with E-state index in [2.05, 4.69) is 15.6 Å². The van der Waals surface area contributed by atoms with Gasteiger partial charge in [-0.05, 0) is 61.4 Å². The van der Waals surface area contributed by atoms with E-state index in [0.29, 0.717) is 59.9 Å². The van der Waals surface area contributed by atoms with Crippen LogP contribution in [-0.2, 0) is 9.59 Å². The first-order chi connectivity index (χ1) is 18.9. The van der Waals surface area contributed by atoms with E-state index in [1.165, 1.54) is 36.4 Å². The lowest BCUT2D eigenvalue weighted by Gasteiger charge is -2.16. The minimum Gasteiger partial charge on any atom is -0.490 e. The van der Waals surface area contributed by atoms with Gasteiger partial charge in [0.1, 0.15) is 17.0 Å². The molecule has 1 aromatic heterocycles. The molecule has 3 aromatic carbocycles. The van der Waals surface area contributed by atoms with Crippen molar-refractivity contribution in [2.75, 3.05) is 23.8 Å². The number of benzene rings is 3. The second-order valence-electron chi connectivity index (χ2n) is 9.42. The molecule has 0 unspecified atom stereocenters. The van der Waals surface area contributed by atoms with Crippen LogP contribution < -0.4 is 24.8 Å². The maximum absolute atomic E-state index is 15.1. The number of halogens is 2. The van der Waals surface area contributed by atoms with E-state index in [4.69, 9.17) is 14.2 Å². The first-order valence-electron chi connectivity index (χ1n) is 12.5. The maximum Gasteiger partial charge on any atom is 0.240 e. The van der Waals surface area contributed by atoms with Crippen molar-refractivity contribution in [1.82, 2.24) is 4.98 Å². The maximum atomic E-state index is 15.1. The van der Waals surface area contributed by atoms with Crippen molar-refractivity contribution in [3.8, 4) is 23.0 Å². The van der Waals surface area contributed by atoms with Crippen LogP contribution in [0, 0.1) is 17.0 Å². The van der Waals surface area contributed by atoms with Crippen molar-refractivity contribution in [1.29, 1.82) is 0 Å². The van der Waals surface area contributed by atoms with Crippen LogP contribution in [0.2, 0.25) is 0 Å². The Morgan fingerprint density at radius 3 is 2.18 bits per heavy atom. The number of hydrogen-bond donors (Lipinski definition) is 2. The topological polar surface area (TPSA) is 98.8 Å². The second-order valence-corrected chi connectivity index (χ2v) is 9.42. The van der Waals surface area contributed by atoms with Crippen LogP contribution in [0.25, 0.3) is 10.9 Å². The zero-order chi connectivity index (χ0) is 27.0. The number of fused-ring (bicyclic) bond motifs is 2. The summed E-state index contributed by atoms with van der Waals surface area (Å²) in [4.78, 5) is 30.1. The fourth-order valence-corrected chi connectivity index (χ4v) is 4.36. The predicted octanol–water partition coefficient (Wildman–Crippen LogP) is 5.82. The molecular formula is C29H23F2N3O5. The molecular weight excluding hydrogens is 508 g/mol. The van der Waals surface area contributed by atoms with Crippen molar-refractivity contribution in [3.05, 3.63) is 78.5 Å². The highest BCUT2D eigenvalue weighted by atomic mass is 19.1. The van der Waals surface area contributed by atoms with E-state index < -0.39 is 28.9 Å². The van der Waals surface area contributed by atoms with Crippen LogP contribution in [0.5, 0.6) is 23.0 Å². The second kappa shape index (κ2) is 9.86. The summed E-state index contributed by atoms with van der Waals surface area (Å²) in [7, 11) is 0. The highest BCUT2D eigenvalue weighted by Crippen LogP contribution is 2.47. The van der Waals surface area contributed by atoms with Gasteiger partial charge in [-0.1, -0.05) is 0 Å². The number of nitrogens with one attached hydrogen (secondary N) is 2. The van der Waals surface area contributed by atoms with E-state index in [1.807, 2.05) is 0 Å². The zero-order valence-electron chi connectivity index (χ0n) is 20.6. The van der Waals surface area contributed by atoms with Crippen LogP contribution in [-0.4, -0.2) is 30.0 Å². The number of amides is 2. The lowest BCUT2D eigenvalue weighted by Crippen LogP contribution is -2.35. The Morgan fingerprint density at radius 1 is 0.821 bits per heavy atom. The minimum atomic E-state index is -1.26. The van der Waals surface area contributed by atoms with E-state index in [9.17, 15) is 14.0 Å². The number of nitrogens with zero attached hydrogens (tertiary/aromatic N) is 1. The number of carbonyl (C=O) groups excluding carboxylic acids is 2. The Morgan fingerprint density at radius 2 is 1.49 bits per heavy atom. The summed E-state index contributed by atoms with van der Waals surface area (Å²) in [6.45, 7) is 1.06. The molecule has 10 heteroatoms. The molecule has 0 spiro atoms. The lowest BCUT2D eigenvalue weighted by atomic mass is 10.0. The smallest absolute Gasteiger partial charge is 0.240 e. The summed E-state index contributed by atoms with van der Waals surface area (Å²) in [5.74, 6) is -0.695. The number of pyridine rings is 1. The van der Waals surface area contributed by atoms with Crippen molar-refractivity contribution >= 4 is 34.1 Å². The van der Waals surface area contributed by atoms with Crippen molar-refractivity contribution in [2.24, 2.45) is 5.41 Å². The zero-order valence-corrected chi connectivity index (χ0v) is 20.6. The Hall–Kier alpha value is -4.73. The Bertz CT molecular complexity index is 1590. The molecule has 6 rings (SSSR count). The highest BCUT2D eigenvalue weighted by Gasteiger charge is 2.56. The molecule has 2 N–H and O–H groups in total. The molecule has 2 aliphatic rings. The molecule has 0 radical (unpaired) electrons. The van der Waals surface area contributed by atoms with Gasteiger partial charge in [0, 0.05) is 41.5 Å². The molecule has 1 aliphatic heterocycles. The largest absolute Gasteiger partial charge is 0.490 e. The van der Waals surface area contributed by atoms with Crippen molar-refractivity contribution < 1.29 is 32.6 Å². The van der Waals surface area contributed by atoms with Crippen LogP contribution in [0.4, 0.5) is 20.2 Å². The quantitative estimate of drug-likeness (QED) is 0.304. The summed E-state index contributed by atoms with van der Waals surface area (Å²) in [5.41, 5.74) is -0.0950. The Balaban J connectivity index is 1.17. The van der Waals surface area contributed by atoms with Crippen LogP contribution in [0.3, 0.4) is 0 Å². The number of ether oxygens (including phenoxy) is 3. The third-order valence-corrected chi connectivity index (χ3v) is 6.70. The van der Waals surface area contributed by atoms with Gasteiger partial charge in [-0.25, -0.2) is 8.78 Å². The van der Waals surface area contributed by atoms with Gasteiger partial charge < -0.3 is 24.8 Å². The number of hydrogen-bond acceptors (Lipinski definition) is 6. The van der Waals surface area contributed by atoms with Crippen LogP contribution in [0.15, 0.2) is 66.9 Å². The molecule has 0 atom stereocenters. The van der Waals surface area contributed by atoms with Gasteiger partial charge in [-0.3, -0.25) is 14.6 Å². The number of carbonyl (C=O) groups is 2. The fourth-order valence-electron chi connectivity index (χ4n) is 4.36. The normalized spacial score (nSPS) is 15.2. The molecule has 39 heavy (non-hydrogen) atoms. The molecule has 0 bridgehead atoms. The minimum absolute atomic E-state index is 0.0530.